The van der Waals surface area contributed by atoms with Crippen LogP contribution in [0.3, 0.4) is 0 Å². The molecule has 4 nitrogen and oxygen atoms in total. The Morgan fingerprint density at radius 1 is 1.24 bits per heavy atom. The van der Waals surface area contributed by atoms with E-state index in [1.54, 1.807) is 6.07 Å². The number of nitrogens with one attached hydrogen (secondary N) is 1. The van der Waals surface area contributed by atoms with Crippen LogP contribution in [-0.2, 0) is 6.54 Å². The van der Waals surface area contributed by atoms with Crippen LogP contribution in [0.4, 0.5) is 8.78 Å². The molecule has 1 aromatic rings. The maximum atomic E-state index is 13.4. The predicted molar refractivity (Wildman–Crippen MR) is 55.9 cm³/mol. The van der Waals surface area contributed by atoms with E-state index in [4.69, 9.17) is 15.5 Å². The van der Waals surface area contributed by atoms with E-state index in [0.717, 1.165) is 12.1 Å². The van der Waals surface area contributed by atoms with Crippen LogP contribution in [0.5, 0.6) is 0 Å². The fourth-order valence-electron chi connectivity index (χ4n) is 1.27. The number of aliphatic hydroxyl groups is 2. The van der Waals surface area contributed by atoms with Crippen molar-refractivity contribution in [1.29, 1.82) is 5.26 Å². The normalized spacial score (nSPS) is 10.6. The molecule has 0 aliphatic rings. The first-order valence-corrected chi connectivity index (χ1v) is 4.95. The summed E-state index contributed by atoms with van der Waals surface area (Å²) in [7, 11) is 0. The Kier molecular flexibility index (Phi) is 4.97. The Balaban J connectivity index is 2.82. The topological polar surface area (TPSA) is 76.3 Å². The highest BCUT2D eigenvalue weighted by Crippen LogP contribution is 2.15. The minimum absolute atomic E-state index is 0.0929. The van der Waals surface area contributed by atoms with Crippen LogP contribution in [0.2, 0.25) is 0 Å². The van der Waals surface area contributed by atoms with Gasteiger partial charge in [0.15, 0.2) is 0 Å². The van der Waals surface area contributed by atoms with Gasteiger partial charge in [0.2, 0.25) is 0 Å². The smallest absolute Gasteiger partial charge is 0.131 e. The molecule has 0 aliphatic heterocycles. The Bertz CT molecular complexity index is 405. The van der Waals surface area contributed by atoms with Crippen LogP contribution in [0.1, 0.15) is 11.1 Å². The average molecular weight is 242 g/mol. The number of benzene rings is 1. The van der Waals surface area contributed by atoms with Crippen molar-refractivity contribution in [3.63, 3.8) is 0 Å². The molecular formula is C11H12F2N2O2. The first kappa shape index (κ1) is 13.5. The van der Waals surface area contributed by atoms with Gasteiger partial charge < -0.3 is 15.5 Å². The quantitative estimate of drug-likeness (QED) is 0.693. The van der Waals surface area contributed by atoms with Crippen molar-refractivity contribution >= 4 is 0 Å². The molecule has 0 saturated carbocycles. The minimum Gasteiger partial charge on any atom is -0.395 e. The van der Waals surface area contributed by atoms with Crippen molar-refractivity contribution in [1.82, 2.24) is 5.32 Å². The van der Waals surface area contributed by atoms with E-state index in [1.807, 2.05) is 0 Å². The fourth-order valence-corrected chi connectivity index (χ4v) is 1.27. The van der Waals surface area contributed by atoms with Gasteiger partial charge in [-0.15, -0.1) is 0 Å². The molecule has 0 aliphatic carbocycles. The molecule has 0 atom stereocenters. The van der Waals surface area contributed by atoms with Gasteiger partial charge in [-0.3, -0.25) is 0 Å². The number of aliphatic hydroxyl groups excluding tert-OH is 2. The second kappa shape index (κ2) is 6.25. The maximum Gasteiger partial charge on any atom is 0.131 e. The first-order chi connectivity index (χ1) is 8.12. The van der Waals surface area contributed by atoms with Gasteiger partial charge in [0.05, 0.1) is 30.9 Å². The second-order valence-electron chi connectivity index (χ2n) is 3.47. The Morgan fingerprint density at radius 3 is 2.18 bits per heavy atom. The van der Waals surface area contributed by atoms with E-state index >= 15 is 0 Å². The molecule has 6 heteroatoms. The molecule has 0 amide bonds. The van der Waals surface area contributed by atoms with Gasteiger partial charge >= 0.3 is 0 Å². The number of hydrogen-bond donors (Lipinski definition) is 3. The second-order valence-corrected chi connectivity index (χ2v) is 3.47. The number of nitriles is 1. The van der Waals surface area contributed by atoms with Crippen molar-refractivity contribution in [2.24, 2.45) is 0 Å². The molecule has 0 unspecified atom stereocenters. The molecule has 1 aromatic carbocycles. The third-order valence-electron chi connectivity index (χ3n) is 2.28. The number of rotatable bonds is 5. The highest BCUT2D eigenvalue weighted by molar-refractivity contribution is 5.34. The molecule has 1 rings (SSSR count). The van der Waals surface area contributed by atoms with Gasteiger partial charge in [0, 0.05) is 12.1 Å². The monoisotopic (exact) mass is 242 g/mol. The first-order valence-electron chi connectivity index (χ1n) is 4.95. The number of hydrogen-bond acceptors (Lipinski definition) is 4. The molecule has 92 valence electrons. The molecule has 0 fully saturated rings. The van der Waals surface area contributed by atoms with E-state index < -0.39 is 17.7 Å². The number of nitrogens with zero attached hydrogens (tertiary/aromatic N) is 1. The van der Waals surface area contributed by atoms with Crippen molar-refractivity contribution in [2.45, 2.75) is 12.6 Å². The summed E-state index contributed by atoms with van der Waals surface area (Å²) in [5, 5.41) is 28.6. The molecular weight excluding hydrogens is 230 g/mol. The fraction of sp³-hybridized carbons (Fsp3) is 0.364. The van der Waals surface area contributed by atoms with Crippen LogP contribution >= 0.6 is 0 Å². The SMILES string of the molecule is N#Cc1cc(F)c(CNC(CO)CO)c(F)c1. The van der Waals surface area contributed by atoms with Crippen LogP contribution in [0, 0.1) is 23.0 Å². The molecule has 0 spiro atoms. The summed E-state index contributed by atoms with van der Waals surface area (Å²) >= 11 is 0. The van der Waals surface area contributed by atoms with E-state index in [9.17, 15) is 8.78 Å². The lowest BCUT2D eigenvalue weighted by Crippen LogP contribution is -2.35. The number of halogens is 2. The minimum atomic E-state index is -0.830. The van der Waals surface area contributed by atoms with Gasteiger partial charge in [-0.05, 0) is 12.1 Å². The summed E-state index contributed by atoms with van der Waals surface area (Å²) < 4.78 is 26.8. The van der Waals surface area contributed by atoms with Crippen LogP contribution < -0.4 is 5.32 Å². The van der Waals surface area contributed by atoms with E-state index in [0.29, 0.717) is 0 Å². The van der Waals surface area contributed by atoms with E-state index in [-0.39, 0.29) is 30.9 Å². The predicted octanol–water partition coefficient (Wildman–Crippen LogP) is 0.279. The molecule has 3 N–H and O–H groups in total. The zero-order chi connectivity index (χ0) is 12.8. The summed E-state index contributed by atoms with van der Waals surface area (Å²) in [6, 6.07) is 2.88. The third-order valence-corrected chi connectivity index (χ3v) is 2.28. The van der Waals surface area contributed by atoms with Gasteiger partial charge in [-0.2, -0.15) is 5.26 Å². The molecule has 0 heterocycles. The van der Waals surface area contributed by atoms with Crippen LogP contribution in [-0.4, -0.2) is 29.5 Å². The van der Waals surface area contributed by atoms with Crippen LogP contribution in [0.15, 0.2) is 12.1 Å². The standard InChI is InChI=1S/C11H12F2N2O2/c12-10-1-7(3-14)2-11(13)9(10)4-15-8(5-16)6-17/h1-2,8,15-17H,4-6H2. The zero-order valence-corrected chi connectivity index (χ0v) is 8.95. The van der Waals surface area contributed by atoms with E-state index in [1.165, 1.54) is 0 Å². The maximum absolute atomic E-state index is 13.4. The lowest BCUT2D eigenvalue weighted by Gasteiger charge is -2.14. The van der Waals surface area contributed by atoms with Crippen molar-refractivity contribution < 1.29 is 19.0 Å². The lowest BCUT2D eigenvalue weighted by atomic mass is 10.1. The van der Waals surface area contributed by atoms with E-state index in [2.05, 4.69) is 5.32 Å². The average Bonchev–Trinajstić information content (AvgIpc) is 2.32. The molecule has 0 radical (unpaired) electrons. The third kappa shape index (κ3) is 3.46. The summed E-state index contributed by atoms with van der Waals surface area (Å²) in [6.45, 7) is -0.846. The summed E-state index contributed by atoms with van der Waals surface area (Å²) in [6.07, 6.45) is 0. The van der Waals surface area contributed by atoms with Crippen LogP contribution in [0.25, 0.3) is 0 Å². The van der Waals surface area contributed by atoms with Gasteiger partial charge in [-0.1, -0.05) is 0 Å². The summed E-state index contributed by atoms with van der Waals surface area (Å²) in [5.41, 5.74) is -0.319. The van der Waals surface area contributed by atoms with Gasteiger partial charge in [-0.25, -0.2) is 8.78 Å². The highest BCUT2D eigenvalue weighted by Gasteiger charge is 2.13. The lowest BCUT2D eigenvalue weighted by molar-refractivity contribution is 0.169. The molecule has 0 saturated heterocycles. The Labute approximate surface area is 97.1 Å². The van der Waals surface area contributed by atoms with Gasteiger partial charge in [0.25, 0.3) is 0 Å². The Hall–Kier alpha value is -1.55. The summed E-state index contributed by atoms with van der Waals surface area (Å²) in [4.78, 5) is 0. The molecule has 17 heavy (non-hydrogen) atoms. The van der Waals surface area contributed by atoms with Crippen molar-refractivity contribution in [3.05, 3.63) is 34.9 Å². The summed E-state index contributed by atoms with van der Waals surface area (Å²) in [5.74, 6) is -1.66. The largest absolute Gasteiger partial charge is 0.395 e. The van der Waals surface area contributed by atoms with Crippen molar-refractivity contribution in [3.8, 4) is 6.07 Å². The van der Waals surface area contributed by atoms with Crippen molar-refractivity contribution in [2.75, 3.05) is 13.2 Å². The zero-order valence-electron chi connectivity index (χ0n) is 8.95. The molecule has 0 aromatic heterocycles. The molecule has 0 bridgehead atoms. The Morgan fingerprint density at radius 2 is 1.76 bits per heavy atom. The highest BCUT2D eigenvalue weighted by atomic mass is 19.1. The van der Waals surface area contributed by atoms with Gasteiger partial charge in [0.1, 0.15) is 11.6 Å².